The van der Waals surface area contributed by atoms with Crippen molar-refractivity contribution in [2.45, 2.75) is 26.2 Å². The molecule has 2 N–H and O–H groups in total. The molecule has 0 unspecified atom stereocenters. The van der Waals surface area contributed by atoms with E-state index in [-0.39, 0.29) is 0 Å². The van der Waals surface area contributed by atoms with Gasteiger partial charge in [0.2, 0.25) is 0 Å². The van der Waals surface area contributed by atoms with Gasteiger partial charge in [-0.25, -0.2) is 0 Å². The third-order valence-corrected chi connectivity index (χ3v) is 3.26. The number of methoxy groups -OCH3 is 2. The van der Waals surface area contributed by atoms with E-state index in [4.69, 9.17) is 15.2 Å². The fourth-order valence-corrected chi connectivity index (χ4v) is 2.31. The molecule has 0 aliphatic rings. The molecule has 0 radical (unpaired) electrons. The summed E-state index contributed by atoms with van der Waals surface area (Å²) in [5.41, 5.74) is 8.05. The van der Waals surface area contributed by atoms with Crippen LogP contribution in [0.3, 0.4) is 0 Å². The molecule has 116 valence electrons. The summed E-state index contributed by atoms with van der Waals surface area (Å²) in [6.07, 6.45) is 2.91. The summed E-state index contributed by atoms with van der Waals surface area (Å²) in [5.74, 6) is 0.988. The van der Waals surface area contributed by atoms with Crippen LogP contribution in [0.1, 0.15) is 25.5 Å². The van der Waals surface area contributed by atoms with Gasteiger partial charge in [0.25, 0.3) is 0 Å². The molecule has 0 aliphatic carbocycles. The number of aryl methyl sites for hydroxylation is 2. The van der Waals surface area contributed by atoms with Gasteiger partial charge in [-0.2, -0.15) is 5.10 Å². The van der Waals surface area contributed by atoms with Crippen molar-refractivity contribution in [2.75, 3.05) is 51.2 Å². The third kappa shape index (κ3) is 4.38. The zero-order chi connectivity index (χ0) is 15.0. The molecule has 0 bridgehead atoms. The minimum Gasteiger partial charge on any atom is -0.394 e. The van der Waals surface area contributed by atoms with Gasteiger partial charge in [-0.05, 0) is 12.8 Å². The maximum atomic E-state index is 6.27. The van der Waals surface area contributed by atoms with Crippen molar-refractivity contribution in [3.8, 4) is 0 Å². The van der Waals surface area contributed by atoms with Gasteiger partial charge in [0.1, 0.15) is 5.82 Å². The molecule has 0 saturated heterocycles. The van der Waals surface area contributed by atoms with E-state index in [9.17, 15) is 0 Å². The summed E-state index contributed by atoms with van der Waals surface area (Å²) in [5, 5.41) is 4.54. The number of hydrogen-bond donors (Lipinski definition) is 1. The van der Waals surface area contributed by atoms with Crippen LogP contribution in [0.4, 0.5) is 11.5 Å². The third-order valence-electron chi connectivity index (χ3n) is 3.26. The van der Waals surface area contributed by atoms with Crippen molar-refractivity contribution in [2.24, 2.45) is 7.05 Å². The normalized spacial score (nSPS) is 11.0. The lowest BCUT2D eigenvalue weighted by molar-refractivity contribution is 0.190. The molecule has 0 aromatic carbocycles. The fourth-order valence-electron chi connectivity index (χ4n) is 2.31. The zero-order valence-corrected chi connectivity index (χ0v) is 13.2. The van der Waals surface area contributed by atoms with E-state index in [2.05, 4.69) is 16.9 Å². The van der Waals surface area contributed by atoms with Gasteiger partial charge in [0.05, 0.1) is 18.0 Å². The minimum atomic E-state index is 0.667. The second-order valence-electron chi connectivity index (χ2n) is 4.88. The molecule has 1 rings (SSSR count). The first kappa shape index (κ1) is 16.8. The number of nitrogen functional groups attached to an aromatic ring is 1. The quantitative estimate of drug-likeness (QED) is 0.659. The van der Waals surface area contributed by atoms with Crippen molar-refractivity contribution in [1.29, 1.82) is 0 Å². The van der Waals surface area contributed by atoms with E-state index >= 15 is 0 Å². The maximum absolute atomic E-state index is 6.27. The van der Waals surface area contributed by atoms with Gasteiger partial charge in [0, 0.05) is 41.0 Å². The molecule has 20 heavy (non-hydrogen) atoms. The molecule has 0 fully saturated rings. The molecular weight excluding hydrogens is 256 g/mol. The Labute approximate surface area is 121 Å². The van der Waals surface area contributed by atoms with E-state index in [0.717, 1.165) is 56.2 Å². The lowest BCUT2D eigenvalue weighted by Gasteiger charge is -2.24. The molecule has 0 atom stereocenters. The Balaban J connectivity index is 2.87. The van der Waals surface area contributed by atoms with E-state index in [0.29, 0.717) is 6.61 Å². The highest BCUT2D eigenvalue weighted by Crippen LogP contribution is 2.27. The monoisotopic (exact) mass is 284 g/mol. The highest BCUT2D eigenvalue weighted by atomic mass is 16.5. The van der Waals surface area contributed by atoms with Crippen molar-refractivity contribution in [1.82, 2.24) is 9.78 Å². The van der Waals surface area contributed by atoms with Gasteiger partial charge in [-0.1, -0.05) is 13.3 Å². The van der Waals surface area contributed by atoms with Crippen LogP contribution < -0.4 is 10.6 Å². The SMILES string of the molecule is CCCc1nn(C)c(N(CCCOC)CCOC)c1N. The minimum absolute atomic E-state index is 0.667. The zero-order valence-electron chi connectivity index (χ0n) is 13.2. The van der Waals surface area contributed by atoms with Crippen molar-refractivity contribution < 1.29 is 9.47 Å². The number of anilines is 2. The molecule has 0 saturated carbocycles. The molecule has 6 heteroatoms. The van der Waals surface area contributed by atoms with E-state index in [1.54, 1.807) is 14.2 Å². The lowest BCUT2D eigenvalue weighted by Crippen LogP contribution is -2.31. The summed E-state index contributed by atoms with van der Waals surface area (Å²) in [6.45, 7) is 5.22. The Morgan fingerprint density at radius 1 is 1.20 bits per heavy atom. The second-order valence-corrected chi connectivity index (χ2v) is 4.88. The summed E-state index contributed by atoms with van der Waals surface area (Å²) in [7, 11) is 5.38. The van der Waals surface area contributed by atoms with Gasteiger partial charge >= 0.3 is 0 Å². The average Bonchev–Trinajstić information content (AvgIpc) is 2.70. The number of nitrogens with two attached hydrogens (primary N) is 1. The Kier molecular flexibility index (Phi) is 7.40. The Morgan fingerprint density at radius 3 is 2.50 bits per heavy atom. The number of aromatic nitrogens is 2. The van der Waals surface area contributed by atoms with Gasteiger partial charge < -0.3 is 20.1 Å². The first-order chi connectivity index (χ1) is 9.65. The largest absolute Gasteiger partial charge is 0.394 e. The summed E-state index contributed by atoms with van der Waals surface area (Å²) < 4.78 is 12.2. The number of nitrogens with zero attached hydrogens (tertiary/aromatic N) is 3. The Morgan fingerprint density at radius 2 is 1.90 bits per heavy atom. The van der Waals surface area contributed by atoms with Crippen LogP contribution in [0.2, 0.25) is 0 Å². The van der Waals surface area contributed by atoms with Crippen molar-refractivity contribution in [3.05, 3.63) is 5.69 Å². The molecule has 1 aromatic heterocycles. The Bertz CT molecular complexity index is 393. The molecular formula is C14H28N4O2. The van der Waals surface area contributed by atoms with Gasteiger partial charge in [-0.3, -0.25) is 4.68 Å². The van der Waals surface area contributed by atoms with Crippen LogP contribution in [-0.2, 0) is 22.9 Å². The smallest absolute Gasteiger partial charge is 0.150 e. The Hall–Kier alpha value is -1.27. The second kappa shape index (κ2) is 8.81. The van der Waals surface area contributed by atoms with Crippen molar-refractivity contribution >= 4 is 11.5 Å². The molecule has 0 spiro atoms. The summed E-state index contributed by atoms with van der Waals surface area (Å²) >= 11 is 0. The number of ether oxygens (including phenoxy) is 2. The predicted octanol–water partition coefficient (Wildman–Crippen LogP) is 1.44. The van der Waals surface area contributed by atoms with Gasteiger partial charge in [-0.15, -0.1) is 0 Å². The number of hydrogen-bond acceptors (Lipinski definition) is 5. The van der Waals surface area contributed by atoms with Crippen LogP contribution >= 0.6 is 0 Å². The summed E-state index contributed by atoms with van der Waals surface area (Å²) in [4.78, 5) is 2.23. The molecule has 0 aliphatic heterocycles. The van der Waals surface area contributed by atoms with Crippen LogP contribution in [0.25, 0.3) is 0 Å². The van der Waals surface area contributed by atoms with Crippen molar-refractivity contribution in [3.63, 3.8) is 0 Å². The predicted molar refractivity (Wildman–Crippen MR) is 82.2 cm³/mol. The van der Waals surface area contributed by atoms with E-state index in [1.807, 2.05) is 11.7 Å². The average molecular weight is 284 g/mol. The summed E-state index contributed by atoms with van der Waals surface area (Å²) in [6, 6.07) is 0. The fraction of sp³-hybridized carbons (Fsp3) is 0.786. The first-order valence-corrected chi connectivity index (χ1v) is 7.19. The highest BCUT2D eigenvalue weighted by Gasteiger charge is 2.18. The number of rotatable bonds is 10. The molecule has 1 aromatic rings. The molecule has 0 amide bonds. The lowest BCUT2D eigenvalue weighted by atomic mass is 10.2. The van der Waals surface area contributed by atoms with Crippen LogP contribution in [0.15, 0.2) is 0 Å². The van der Waals surface area contributed by atoms with Crippen LogP contribution in [0.5, 0.6) is 0 Å². The maximum Gasteiger partial charge on any atom is 0.150 e. The standard InChI is InChI=1S/C14H28N4O2/c1-5-7-12-13(15)14(17(2)16-12)18(9-11-20-4)8-6-10-19-3/h5-11,15H2,1-4H3. The first-order valence-electron chi connectivity index (χ1n) is 7.19. The topological polar surface area (TPSA) is 65.5 Å². The van der Waals surface area contributed by atoms with E-state index in [1.165, 1.54) is 0 Å². The van der Waals surface area contributed by atoms with Crippen LogP contribution in [0, 0.1) is 0 Å². The molecule has 1 heterocycles. The molecule has 6 nitrogen and oxygen atoms in total. The van der Waals surface area contributed by atoms with E-state index < -0.39 is 0 Å². The van der Waals surface area contributed by atoms with Gasteiger partial charge in [0.15, 0.2) is 0 Å². The highest BCUT2D eigenvalue weighted by molar-refractivity contribution is 5.66. The van der Waals surface area contributed by atoms with Crippen LogP contribution in [-0.4, -0.2) is 50.3 Å².